The summed E-state index contributed by atoms with van der Waals surface area (Å²) in [6, 6.07) is 4.28. The van der Waals surface area contributed by atoms with Crippen LogP contribution in [0, 0.1) is 5.82 Å². The van der Waals surface area contributed by atoms with E-state index in [-0.39, 0.29) is 5.56 Å². The summed E-state index contributed by atoms with van der Waals surface area (Å²) in [6.45, 7) is 8.63. The van der Waals surface area contributed by atoms with Gasteiger partial charge in [0.15, 0.2) is 0 Å². The van der Waals surface area contributed by atoms with E-state index in [1.807, 2.05) is 13.8 Å². The summed E-state index contributed by atoms with van der Waals surface area (Å²) in [6.07, 6.45) is 0. The van der Waals surface area contributed by atoms with Crippen molar-refractivity contribution in [1.82, 2.24) is 0 Å². The van der Waals surface area contributed by atoms with Crippen LogP contribution in [0.5, 0.6) is 0 Å². The number of likely N-dealkylation sites (N-methyl/N-ethyl adjacent to an activating group) is 1. The monoisotopic (exact) mass is 237 g/mol. The number of halogens is 1. The highest BCUT2D eigenvalue weighted by Crippen LogP contribution is 2.23. The van der Waals surface area contributed by atoms with Crippen molar-refractivity contribution >= 4 is 11.7 Å². The molecule has 0 saturated heterocycles. The summed E-state index contributed by atoms with van der Waals surface area (Å²) < 4.78 is 13.5. The molecule has 0 heterocycles. The molecule has 0 radical (unpaired) electrons. The topological polar surface area (TPSA) is 40.5 Å². The molecular formula is C13H16FNO2. The Morgan fingerprint density at radius 2 is 2.18 bits per heavy atom. The predicted molar refractivity (Wildman–Crippen MR) is 66.1 cm³/mol. The largest absolute Gasteiger partial charge is 0.478 e. The van der Waals surface area contributed by atoms with Gasteiger partial charge in [0.1, 0.15) is 11.4 Å². The van der Waals surface area contributed by atoms with Crippen LogP contribution in [0.4, 0.5) is 10.1 Å². The molecule has 92 valence electrons. The third-order valence-corrected chi connectivity index (χ3v) is 2.39. The van der Waals surface area contributed by atoms with Crippen LogP contribution >= 0.6 is 0 Å². The molecule has 1 aromatic rings. The van der Waals surface area contributed by atoms with Gasteiger partial charge in [-0.3, -0.25) is 0 Å². The fraction of sp³-hybridized carbons (Fsp3) is 0.308. The number of aromatic carboxylic acids is 1. The van der Waals surface area contributed by atoms with E-state index in [0.717, 1.165) is 11.6 Å². The zero-order valence-corrected chi connectivity index (χ0v) is 10.0. The van der Waals surface area contributed by atoms with Crippen molar-refractivity contribution in [2.24, 2.45) is 0 Å². The molecule has 0 spiro atoms. The van der Waals surface area contributed by atoms with Crippen molar-refractivity contribution in [2.45, 2.75) is 13.8 Å². The molecular weight excluding hydrogens is 221 g/mol. The van der Waals surface area contributed by atoms with Crippen LogP contribution in [0.2, 0.25) is 0 Å². The van der Waals surface area contributed by atoms with E-state index in [4.69, 9.17) is 5.11 Å². The Labute approximate surface area is 100 Å². The van der Waals surface area contributed by atoms with Gasteiger partial charge in [-0.25, -0.2) is 9.18 Å². The molecule has 0 saturated carbocycles. The van der Waals surface area contributed by atoms with Crippen LogP contribution in [-0.2, 0) is 0 Å². The van der Waals surface area contributed by atoms with Crippen LogP contribution in [0.15, 0.2) is 30.4 Å². The molecule has 0 bridgehead atoms. The van der Waals surface area contributed by atoms with Crippen LogP contribution in [0.1, 0.15) is 24.2 Å². The Balaban J connectivity index is 3.23. The summed E-state index contributed by atoms with van der Waals surface area (Å²) in [7, 11) is 0. The third-order valence-electron chi connectivity index (χ3n) is 2.39. The average Bonchev–Trinajstić information content (AvgIpc) is 2.24. The van der Waals surface area contributed by atoms with Gasteiger partial charge in [0.25, 0.3) is 0 Å². The minimum absolute atomic E-state index is 0.282. The maximum atomic E-state index is 13.5. The predicted octanol–water partition coefficient (Wildman–Crippen LogP) is 2.93. The molecule has 17 heavy (non-hydrogen) atoms. The molecule has 0 aliphatic heterocycles. The van der Waals surface area contributed by atoms with E-state index in [9.17, 15) is 9.18 Å². The molecule has 0 aliphatic rings. The number of carboxylic acids is 1. The molecule has 3 nitrogen and oxygen atoms in total. The molecule has 0 aromatic heterocycles. The summed E-state index contributed by atoms with van der Waals surface area (Å²) in [4.78, 5) is 12.8. The number of benzene rings is 1. The first-order valence-corrected chi connectivity index (χ1v) is 5.38. The molecule has 4 heteroatoms. The number of carboxylic acid groups (broad SMARTS) is 1. The Hall–Kier alpha value is -1.84. The summed E-state index contributed by atoms with van der Waals surface area (Å²) in [5.74, 6) is -1.96. The van der Waals surface area contributed by atoms with Crippen molar-refractivity contribution in [2.75, 3.05) is 18.0 Å². The lowest BCUT2D eigenvalue weighted by Gasteiger charge is -2.24. The van der Waals surface area contributed by atoms with E-state index in [2.05, 4.69) is 6.58 Å². The molecule has 0 aliphatic carbocycles. The first-order valence-electron chi connectivity index (χ1n) is 5.38. The number of rotatable bonds is 5. The first kappa shape index (κ1) is 13.2. The summed E-state index contributed by atoms with van der Waals surface area (Å²) in [5, 5.41) is 9.04. The van der Waals surface area contributed by atoms with Crippen molar-refractivity contribution in [1.29, 1.82) is 0 Å². The quantitative estimate of drug-likeness (QED) is 0.800. The Bertz CT molecular complexity index is 443. The summed E-state index contributed by atoms with van der Waals surface area (Å²) >= 11 is 0. The SMILES string of the molecule is C=C(C)CN(CC)c1cccc(F)c1C(=O)O. The number of nitrogens with zero attached hydrogens (tertiary/aromatic N) is 1. The highest BCUT2D eigenvalue weighted by molar-refractivity contribution is 5.94. The lowest BCUT2D eigenvalue weighted by atomic mass is 10.1. The molecule has 0 fully saturated rings. The fourth-order valence-electron chi connectivity index (χ4n) is 1.68. The second kappa shape index (κ2) is 5.48. The normalized spacial score (nSPS) is 10.1. The minimum atomic E-state index is -1.25. The van der Waals surface area contributed by atoms with E-state index < -0.39 is 11.8 Å². The summed E-state index contributed by atoms with van der Waals surface area (Å²) in [5.41, 5.74) is 1.01. The van der Waals surface area contributed by atoms with Gasteiger partial charge in [0.05, 0.1) is 5.69 Å². The maximum absolute atomic E-state index is 13.5. The Kier molecular flexibility index (Phi) is 4.26. The number of carbonyl (C=O) groups is 1. The molecule has 1 aromatic carbocycles. The molecule has 0 amide bonds. The van der Waals surface area contributed by atoms with Gasteiger partial charge in [-0.1, -0.05) is 18.2 Å². The Morgan fingerprint density at radius 1 is 1.53 bits per heavy atom. The highest BCUT2D eigenvalue weighted by atomic mass is 19.1. The van der Waals surface area contributed by atoms with E-state index in [1.165, 1.54) is 6.07 Å². The second-order valence-electron chi connectivity index (χ2n) is 3.91. The van der Waals surface area contributed by atoms with Gasteiger partial charge in [-0.15, -0.1) is 0 Å². The van der Waals surface area contributed by atoms with Crippen molar-refractivity contribution in [3.8, 4) is 0 Å². The lowest BCUT2D eigenvalue weighted by molar-refractivity contribution is 0.0692. The van der Waals surface area contributed by atoms with E-state index in [0.29, 0.717) is 18.8 Å². The number of hydrogen-bond donors (Lipinski definition) is 1. The smallest absolute Gasteiger partial charge is 0.340 e. The van der Waals surface area contributed by atoms with Crippen LogP contribution in [0.25, 0.3) is 0 Å². The van der Waals surface area contributed by atoms with E-state index in [1.54, 1.807) is 11.0 Å². The average molecular weight is 237 g/mol. The fourth-order valence-corrected chi connectivity index (χ4v) is 1.68. The maximum Gasteiger partial charge on any atom is 0.340 e. The van der Waals surface area contributed by atoms with Crippen molar-refractivity contribution in [3.05, 3.63) is 41.7 Å². The lowest BCUT2D eigenvalue weighted by Crippen LogP contribution is -2.26. The van der Waals surface area contributed by atoms with Gasteiger partial charge < -0.3 is 10.0 Å². The number of hydrogen-bond acceptors (Lipinski definition) is 2. The molecule has 1 rings (SSSR count). The van der Waals surface area contributed by atoms with Crippen molar-refractivity contribution < 1.29 is 14.3 Å². The van der Waals surface area contributed by atoms with Crippen molar-refractivity contribution in [3.63, 3.8) is 0 Å². The van der Waals surface area contributed by atoms with Gasteiger partial charge in [0, 0.05) is 13.1 Å². The van der Waals surface area contributed by atoms with Gasteiger partial charge in [0.2, 0.25) is 0 Å². The van der Waals surface area contributed by atoms with Crippen LogP contribution in [0.3, 0.4) is 0 Å². The minimum Gasteiger partial charge on any atom is -0.478 e. The molecule has 0 atom stereocenters. The zero-order chi connectivity index (χ0) is 13.0. The van der Waals surface area contributed by atoms with Crippen LogP contribution in [-0.4, -0.2) is 24.2 Å². The standard InChI is InChI=1S/C13H16FNO2/c1-4-15(8-9(2)3)11-7-5-6-10(14)12(11)13(16)17/h5-7H,2,4,8H2,1,3H3,(H,16,17). The number of anilines is 1. The Morgan fingerprint density at radius 3 is 2.65 bits per heavy atom. The third kappa shape index (κ3) is 3.06. The molecule has 0 unspecified atom stereocenters. The van der Waals surface area contributed by atoms with Gasteiger partial charge >= 0.3 is 5.97 Å². The first-order chi connectivity index (χ1) is 7.97. The van der Waals surface area contributed by atoms with Gasteiger partial charge in [-0.05, 0) is 26.0 Å². The zero-order valence-electron chi connectivity index (χ0n) is 10.0. The van der Waals surface area contributed by atoms with Crippen LogP contribution < -0.4 is 4.90 Å². The van der Waals surface area contributed by atoms with E-state index >= 15 is 0 Å². The van der Waals surface area contributed by atoms with Gasteiger partial charge in [-0.2, -0.15) is 0 Å². The molecule has 1 N–H and O–H groups in total. The highest BCUT2D eigenvalue weighted by Gasteiger charge is 2.19. The second-order valence-corrected chi connectivity index (χ2v) is 3.91.